The molecule has 0 aliphatic carbocycles. The molecule has 0 N–H and O–H groups in total. The molecule has 0 unspecified atom stereocenters. The third kappa shape index (κ3) is 4.20. The Bertz CT molecular complexity index is 734. The Morgan fingerprint density at radius 3 is 2.64 bits per heavy atom. The molecular weight excluding hydrogens is 356 g/mol. The molecule has 7 nitrogen and oxygen atoms in total. The Hall–Kier alpha value is -2.38. The van der Waals surface area contributed by atoms with Gasteiger partial charge in [-0.05, 0) is 25.5 Å². The highest BCUT2D eigenvalue weighted by Crippen LogP contribution is 2.31. The molecule has 0 aromatic heterocycles. The number of hydrazine groups is 1. The van der Waals surface area contributed by atoms with E-state index >= 15 is 0 Å². The first-order valence-corrected chi connectivity index (χ1v) is 9.92. The zero-order valence-electron chi connectivity index (χ0n) is 17.2. The van der Waals surface area contributed by atoms with Crippen LogP contribution in [0.1, 0.15) is 26.7 Å². The number of anilines is 1. The number of esters is 1. The Balaban J connectivity index is 1.98. The molecule has 0 amide bonds. The number of unbranched alkanes of at least 4 members (excludes halogenated alkanes) is 1. The molecule has 0 radical (unpaired) electrons. The summed E-state index contributed by atoms with van der Waals surface area (Å²) in [7, 11) is 3.88. The summed E-state index contributed by atoms with van der Waals surface area (Å²) in [6.07, 6.45) is 3.52. The van der Waals surface area contributed by atoms with E-state index in [0.717, 1.165) is 29.8 Å². The number of hydrogen-bond acceptors (Lipinski definition) is 7. The van der Waals surface area contributed by atoms with Crippen molar-refractivity contribution in [3.05, 3.63) is 42.1 Å². The summed E-state index contributed by atoms with van der Waals surface area (Å²) in [5.74, 6) is -0.905. The van der Waals surface area contributed by atoms with E-state index in [9.17, 15) is 4.79 Å². The maximum atomic E-state index is 13.0. The van der Waals surface area contributed by atoms with Crippen LogP contribution < -0.4 is 5.01 Å². The van der Waals surface area contributed by atoms with Crippen molar-refractivity contribution in [1.82, 2.24) is 10.0 Å². The monoisotopic (exact) mass is 386 g/mol. The lowest BCUT2D eigenvalue weighted by atomic mass is 9.96. The largest absolute Gasteiger partial charge is 0.465 e. The van der Waals surface area contributed by atoms with E-state index in [1.54, 1.807) is 0 Å². The number of ether oxygens (including phenoxy) is 2. The average molecular weight is 386 g/mol. The molecule has 2 aliphatic heterocycles. The van der Waals surface area contributed by atoms with Crippen molar-refractivity contribution >= 4 is 17.4 Å². The SMILES string of the molecule is CCCCO[C@@H]1[C@@H](C(=O)OCC)C2=NN(c3ccccc3)CC2=CN(C)N1C. The second kappa shape index (κ2) is 9.21. The van der Waals surface area contributed by atoms with Crippen molar-refractivity contribution in [1.29, 1.82) is 0 Å². The van der Waals surface area contributed by atoms with Crippen molar-refractivity contribution < 1.29 is 14.3 Å². The average Bonchev–Trinajstić information content (AvgIpc) is 3.07. The van der Waals surface area contributed by atoms with E-state index in [1.807, 2.05) is 72.6 Å². The second-order valence-electron chi connectivity index (χ2n) is 7.02. The molecule has 2 aliphatic rings. The van der Waals surface area contributed by atoms with Crippen molar-refractivity contribution in [2.45, 2.75) is 32.9 Å². The van der Waals surface area contributed by atoms with Crippen LogP contribution in [0.15, 0.2) is 47.2 Å². The molecule has 28 heavy (non-hydrogen) atoms. The van der Waals surface area contributed by atoms with Crippen LogP contribution in [-0.2, 0) is 14.3 Å². The van der Waals surface area contributed by atoms with E-state index in [2.05, 4.69) is 6.92 Å². The fourth-order valence-electron chi connectivity index (χ4n) is 3.45. The zero-order chi connectivity index (χ0) is 20.1. The lowest BCUT2D eigenvalue weighted by molar-refractivity contribution is -0.169. The van der Waals surface area contributed by atoms with E-state index in [-0.39, 0.29) is 5.97 Å². The maximum Gasteiger partial charge on any atom is 0.319 e. The van der Waals surface area contributed by atoms with Crippen LogP contribution in [0.2, 0.25) is 0 Å². The van der Waals surface area contributed by atoms with Gasteiger partial charge in [-0.2, -0.15) is 10.1 Å². The number of rotatable bonds is 7. The van der Waals surface area contributed by atoms with Crippen molar-refractivity contribution in [2.75, 3.05) is 38.9 Å². The number of carbonyl (C=O) groups excluding carboxylic acids is 1. The minimum Gasteiger partial charge on any atom is -0.465 e. The number of para-hydroxylation sites is 1. The maximum absolute atomic E-state index is 13.0. The van der Waals surface area contributed by atoms with Crippen LogP contribution in [0.3, 0.4) is 0 Å². The Kier molecular flexibility index (Phi) is 6.70. The summed E-state index contributed by atoms with van der Waals surface area (Å²) < 4.78 is 11.6. The van der Waals surface area contributed by atoms with E-state index in [4.69, 9.17) is 14.6 Å². The first-order valence-electron chi connectivity index (χ1n) is 9.92. The van der Waals surface area contributed by atoms with Crippen molar-refractivity contribution in [3.8, 4) is 0 Å². The van der Waals surface area contributed by atoms with Gasteiger partial charge < -0.3 is 14.5 Å². The quantitative estimate of drug-likeness (QED) is 0.531. The molecular formula is C21H30N4O3. The van der Waals surface area contributed by atoms with Gasteiger partial charge in [0.2, 0.25) is 0 Å². The third-order valence-electron chi connectivity index (χ3n) is 5.05. The molecule has 0 saturated carbocycles. The van der Waals surface area contributed by atoms with Crippen LogP contribution >= 0.6 is 0 Å². The van der Waals surface area contributed by atoms with Gasteiger partial charge in [-0.25, -0.2) is 0 Å². The van der Waals surface area contributed by atoms with E-state index in [1.165, 1.54) is 0 Å². The van der Waals surface area contributed by atoms with Gasteiger partial charge in [0.05, 0.1) is 24.6 Å². The predicted octanol–water partition coefficient (Wildman–Crippen LogP) is 2.86. The molecule has 2 heterocycles. The molecule has 2 atom stereocenters. The van der Waals surface area contributed by atoms with Gasteiger partial charge >= 0.3 is 5.97 Å². The molecule has 1 aromatic rings. The summed E-state index contributed by atoms with van der Waals surface area (Å²) >= 11 is 0. The number of hydrogen-bond donors (Lipinski definition) is 0. The van der Waals surface area contributed by atoms with Crippen LogP contribution in [0.5, 0.6) is 0 Å². The zero-order valence-corrected chi connectivity index (χ0v) is 17.2. The van der Waals surface area contributed by atoms with Gasteiger partial charge in [-0.3, -0.25) is 9.80 Å². The lowest BCUT2D eigenvalue weighted by Crippen LogP contribution is -2.50. The lowest BCUT2D eigenvalue weighted by Gasteiger charge is -2.35. The summed E-state index contributed by atoms with van der Waals surface area (Å²) in [6.45, 7) is 5.45. The van der Waals surface area contributed by atoms with Crippen LogP contribution in [0.25, 0.3) is 0 Å². The number of nitrogens with zero attached hydrogens (tertiary/aromatic N) is 4. The summed E-state index contributed by atoms with van der Waals surface area (Å²) in [4.78, 5) is 13.0. The van der Waals surface area contributed by atoms with Gasteiger partial charge in [0.1, 0.15) is 12.1 Å². The van der Waals surface area contributed by atoms with Gasteiger partial charge in [-0.15, -0.1) is 0 Å². The van der Waals surface area contributed by atoms with E-state index < -0.39 is 12.1 Å². The van der Waals surface area contributed by atoms with Gasteiger partial charge in [0, 0.05) is 32.5 Å². The number of carbonyl (C=O) groups is 1. The van der Waals surface area contributed by atoms with Gasteiger partial charge in [-0.1, -0.05) is 31.5 Å². The molecule has 152 valence electrons. The summed E-state index contributed by atoms with van der Waals surface area (Å²) in [5, 5.41) is 10.7. The first kappa shape index (κ1) is 20.4. The van der Waals surface area contributed by atoms with E-state index in [0.29, 0.717) is 19.8 Å². The van der Waals surface area contributed by atoms with Gasteiger partial charge in [0.15, 0.2) is 0 Å². The van der Waals surface area contributed by atoms with Crippen LogP contribution in [0.4, 0.5) is 5.69 Å². The first-order chi connectivity index (χ1) is 13.6. The fourth-order valence-corrected chi connectivity index (χ4v) is 3.45. The molecule has 1 aromatic carbocycles. The molecule has 7 heteroatoms. The van der Waals surface area contributed by atoms with Crippen molar-refractivity contribution in [2.24, 2.45) is 11.0 Å². The minimum absolute atomic E-state index is 0.300. The highest BCUT2D eigenvalue weighted by atomic mass is 16.5. The molecule has 0 spiro atoms. The molecule has 0 saturated heterocycles. The second-order valence-corrected chi connectivity index (χ2v) is 7.02. The summed E-state index contributed by atoms with van der Waals surface area (Å²) in [6, 6.07) is 9.97. The Morgan fingerprint density at radius 2 is 1.96 bits per heavy atom. The fraction of sp³-hybridized carbons (Fsp3) is 0.524. The highest BCUT2D eigenvalue weighted by molar-refractivity contribution is 6.14. The van der Waals surface area contributed by atoms with Crippen LogP contribution in [-0.4, -0.2) is 61.8 Å². The van der Waals surface area contributed by atoms with Crippen molar-refractivity contribution in [3.63, 3.8) is 0 Å². The molecule has 0 fully saturated rings. The normalized spacial score (nSPS) is 22.4. The Labute approximate surface area is 167 Å². The standard InChI is InChI=1S/C21H30N4O3/c1-5-7-13-28-20-18(21(26)27-6-2)19-16(14-23(3)24(20)4)15-25(22-19)17-11-9-8-10-12-17/h8-12,14,18,20H,5-7,13,15H2,1-4H3/t18-,20+/m0/s1. The third-order valence-corrected chi connectivity index (χ3v) is 5.05. The smallest absolute Gasteiger partial charge is 0.319 e. The number of benzene rings is 1. The number of fused-ring (bicyclic) bond motifs is 1. The Morgan fingerprint density at radius 1 is 1.21 bits per heavy atom. The van der Waals surface area contributed by atoms with Gasteiger partial charge in [0.25, 0.3) is 0 Å². The highest BCUT2D eigenvalue weighted by Gasteiger charge is 2.44. The summed E-state index contributed by atoms with van der Waals surface area (Å²) in [5.41, 5.74) is 2.71. The van der Waals surface area contributed by atoms with Crippen LogP contribution in [0, 0.1) is 5.92 Å². The predicted molar refractivity (Wildman–Crippen MR) is 110 cm³/mol. The number of hydrazone groups is 1. The minimum atomic E-state index is -0.605. The molecule has 0 bridgehead atoms. The topological polar surface area (TPSA) is 57.6 Å². The molecule has 3 rings (SSSR count).